The van der Waals surface area contributed by atoms with Gasteiger partial charge in [-0.05, 0) is 25.1 Å². The molecular weight excluding hydrogens is 279 g/mol. The molecule has 0 aliphatic rings. The molecule has 0 fully saturated rings. The average Bonchev–Trinajstić information content (AvgIpc) is 2.57. The van der Waals surface area contributed by atoms with Crippen LogP contribution in [0.15, 0.2) is 18.2 Å². The molecule has 0 saturated heterocycles. The Morgan fingerprint density at radius 2 is 2.22 bits per heavy atom. The molecule has 94 valence electrons. The van der Waals surface area contributed by atoms with Crippen molar-refractivity contribution in [2.75, 3.05) is 5.32 Å². The summed E-state index contributed by atoms with van der Waals surface area (Å²) in [7, 11) is 0. The lowest BCUT2D eigenvalue weighted by molar-refractivity contribution is 0.0690. The van der Waals surface area contributed by atoms with Crippen molar-refractivity contribution < 1.29 is 14.3 Å². The molecule has 18 heavy (non-hydrogen) atoms. The second-order valence-electron chi connectivity index (χ2n) is 3.51. The molecule has 0 amide bonds. The molecule has 0 bridgehead atoms. The highest BCUT2D eigenvalue weighted by Crippen LogP contribution is 2.27. The Morgan fingerprint density at radius 1 is 1.50 bits per heavy atom. The van der Waals surface area contributed by atoms with E-state index in [4.69, 9.17) is 16.7 Å². The van der Waals surface area contributed by atoms with Crippen molar-refractivity contribution in [2.24, 2.45) is 0 Å². The number of aromatic carboxylic acids is 1. The molecule has 1 aromatic carbocycles. The summed E-state index contributed by atoms with van der Waals surface area (Å²) in [6.07, 6.45) is 0. The van der Waals surface area contributed by atoms with Gasteiger partial charge in [0.05, 0.1) is 0 Å². The van der Waals surface area contributed by atoms with Crippen molar-refractivity contribution in [2.45, 2.75) is 6.92 Å². The Balaban J connectivity index is 2.28. The van der Waals surface area contributed by atoms with Gasteiger partial charge in [0, 0.05) is 15.6 Å². The number of hydrogen-bond acceptors (Lipinski definition) is 4. The van der Waals surface area contributed by atoms with Crippen molar-refractivity contribution in [1.29, 1.82) is 0 Å². The smallest absolute Gasteiger partial charge is 0.355 e. The third kappa shape index (κ3) is 2.77. The molecule has 0 saturated carbocycles. The second-order valence-corrected chi connectivity index (χ2v) is 5.15. The van der Waals surface area contributed by atoms with Gasteiger partial charge in [-0.15, -0.1) is 11.3 Å². The first-order chi connectivity index (χ1) is 8.45. The van der Waals surface area contributed by atoms with Crippen LogP contribution in [0.5, 0.6) is 0 Å². The van der Waals surface area contributed by atoms with E-state index in [9.17, 15) is 9.18 Å². The highest BCUT2D eigenvalue weighted by Gasteiger charge is 2.14. The lowest BCUT2D eigenvalue weighted by Gasteiger charge is -2.02. The van der Waals surface area contributed by atoms with Crippen LogP contribution in [0.2, 0.25) is 5.02 Å². The molecule has 0 spiro atoms. The Kier molecular flexibility index (Phi) is 3.49. The van der Waals surface area contributed by atoms with Gasteiger partial charge in [-0.3, -0.25) is 0 Å². The fourth-order valence-corrected chi connectivity index (χ4v) is 2.45. The highest BCUT2D eigenvalue weighted by molar-refractivity contribution is 7.15. The molecule has 7 heteroatoms. The normalized spacial score (nSPS) is 10.4. The molecule has 2 rings (SSSR count). The molecule has 1 aromatic heterocycles. The molecule has 0 unspecified atom stereocenters. The standard InChI is InChI=1S/C11H8ClFN2O2S/c1-5-9(10(16)17)15-11(18-5)14-8-3-6(12)2-7(13)4-8/h2-4H,1H3,(H,14,15)(H,16,17). The van der Waals surface area contributed by atoms with E-state index in [0.717, 1.165) is 0 Å². The Morgan fingerprint density at radius 3 is 2.78 bits per heavy atom. The monoisotopic (exact) mass is 286 g/mol. The zero-order valence-electron chi connectivity index (χ0n) is 9.20. The predicted octanol–water partition coefficient (Wildman–Crippen LogP) is 3.69. The molecule has 0 aliphatic heterocycles. The number of halogens is 2. The number of carboxylic acids is 1. The number of carboxylic acid groups (broad SMARTS) is 1. The lowest BCUT2D eigenvalue weighted by atomic mass is 10.3. The summed E-state index contributed by atoms with van der Waals surface area (Å²) in [4.78, 5) is 15.3. The first-order valence-electron chi connectivity index (χ1n) is 4.89. The maximum Gasteiger partial charge on any atom is 0.355 e. The van der Waals surface area contributed by atoms with E-state index in [1.54, 1.807) is 6.92 Å². The van der Waals surface area contributed by atoms with Crippen LogP contribution >= 0.6 is 22.9 Å². The molecule has 4 nitrogen and oxygen atoms in total. The molecular formula is C11H8ClFN2O2S. The minimum atomic E-state index is -1.09. The zero-order valence-corrected chi connectivity index (χ0v) is 10.8. The van der Waals surface area contributed by atoms with E-state index in [1.165, 1.54) is 29.5 Å². The summed E-state index contributed by atoms with van der Waals surface area (Å²) in [5, 5.41) is 12.3. The Hall–Kier alpha value is -1.66. The number of rotatable bonds is 3. The van der Waals surface area contributed by atoms with Gasteiger partial charge >= 0.3 is 5.97 Å². The molecule has 2 aromatic rings. The third-order valence-corrected chi connectivity index (χ3v) is 3.22. The first kappa shape index (κ1) is 12.8. The molecule has 1 heterocycles. The predicted molar refractivity (Wildman–Crippen MR) is 68.5 cm³/mol. The van der Waals surface area contributed by atoms with Gasteiger partial charge in [0.1, 0.15) is 5.82 Å². The van der Waals surface area contributed by atoms with Gasteiger partial charge in [-0.1, -0.05) is 11.6 Å². The van der Waals surface area contributed by atoms with Crippen molar-refractivity contribution in [1.82, 2.24) is 4.98 Å². The fourth-order valence-electron chi connectivity index (χ4n) is 1.40. The van der Waals surface area contributed by atoms with E-state index in [2.05, 4.69) is 10.3 Å². The number of hydrogen-bond donors (Lipinski definition) is 2. The first-order valence-corrected chi connectivity index (χ1v) is 6.09. The topological polar surface area (TPSA) is 62.2 Å². The number of aromatic nitrogens is 1. The van der Waals surface area contributed by atoms with Crippen LogP contribution in [0.4, 0.5) is 15.2 Å². The minimum absolute atomic E-state index is 0.00926. The van der Waals surface area contributed by atoms with Crippen molar-refractivity contribution >= 4 is 39.7 Å². The van der Waals surface area contributed by atoms with Crippen LogP contribution in [0.1, 0.15) is 15.4 Å². The molecule has 0 aliphatic carbocycles. The minimum Gasteiger partial charge on any atom is -0.476 e. The fraction of sp³-hybridized carbons (Fsp3) is 0.0909. The number of anilines is 2. The number of nitrogens with one attached hydrogen (secondary N) is 1. The van der Waals surface area contributed by atoms with Crippen molar-refractivity contribution in [3.63, 3.8) is 0 Å². The number of carbonyl (C=O) groups is 1. The van der Waals surface area contributed by atoms with Gasteiger partial charge in [0.15, 0.2) is 10.8 Å². The third-order valence-electron chi connectivity index (χ3n) is 2.11. The maximum atomic E-state index is 13.1. The summed E-state index contributed by atoms with van der Waals surface area (Å²) >= 11 is 6.89. The molecule has 0 radical (unpaired) electrons. The van der Waals surface area contributed by atoms with E-state index < -0.39 is 11.8 Å². The number of thiazole rings is 1. The SMILES string of the molecule is Cc1sc(Nc2cc(F)cc(Cl)c2)nc1C(=O)O. The number of benzene rings is 1. The molecule has 0 atom stereocenters. The summed E-state index contributed by atoms with van der Waals surface area (Å²) in [6.45, 7) is 1.66. The van der Waals surface area contributed by atoms with Gasteiger partial charge in [0.25, 0.3) is 0 Å². The van der Waals surface area contributed by atoms with Gasteiger partial charge in [0.2, 0.25) is 0 Å². The van der Waals surface area contributed by atoms with Gasteiger partial charge < -0.3 is 10.4 Å². The molecule has 2 N–H and O–H groups in total. The summed E-state index contributed by atoms with van der Waals surface area (Å²) < 4.78 is 13.1. The number of aryl methyl sites for hydroxylation is 1. The van der Waals surface area contributed by atoms with Crippen LogP contribution in [-0.4, -0.2) is 16.1 Å². The van der Waals surface area contributed by atoms with Crippen LogP contribution in [0.25, 0.3) is 0 Å². The van der Waals surface area contributed by atoms with Crippen molar-refractivity contribution in [3.05, 3.63) is 39.6 Å². The van der Waals surface area contributed by atoms with E-state index in [-0.39, 0.29) is 10.7 Å². The largest absolute Gasteiger partial charge is 0.476 e. The van der Waals surface area contributed by atoms with Crippen molar-refractivity contribution in [3.8, 4) is 0 Å². The van der Waals surface area contributed by atoms with Gasteiger partial charge in [-0.25, -0.2) is 14.2 Å². The Bertz CT molecular complexity index is 595. The second kappa shape index (κ2) is 4.91. The van der Waals surface area contributed by atoms with Gasteiger partial charge in [-0.2, -0.15) is 0 Å². The quantitative estimate of drug-likeness (QED) is 0.903. The van der Waals surface area contributed by atoms with E-state index in [1.807, 2.05) is 0 Å². The maximum absolute atomic E-state index is 13.1. The Labute approximate surface area is 111 Å². The average molecular weight is 287 g/mol. The summed E-state index contributed by atoms with van der Waals surface area (Å²) in [6, 6.07) is 3.97. The highest BCUT2D eigenvalue weighted by atomic mass is 35.5. The van der Waals surface area contributed by atoms with Crippen LogP contribution in [0.3, 0.4) is 0 Å². The zero-order chi connectivity index (χ0) is 13.3. The van der Waals surface area contributed by atoms with Crippen LogP contribution in [-0.2, 0) is 0 Å². The van der Waals surface area contributed by atoms with E-state index in [0.29, 0.717) is 15.7 Å². The summed E-state index contributed by atoms with van der Waals surface area (Å²) in [5.41, 5.74) is 0.413. The summed E-state index contributed by atoms with van der Waals surface area (Å²) in [5.74, 6) is -1.56. The number of nitrogens with zero attached hydrogens (tertiary/aromatic N) is 1. The van der Waals surface area contributed by atoms with Crippen LogP contribution < -0.4 is 5.32 Å². The van der Waals surface area contributed by atoms with Crippen LogP contribution in [0, 0.1) is 12.7 Å². The lowest BCUT2D eigenvalue weighted by Crippen LogP contribution is -1.99. The van der Waals surface area contributed by atoms with E-state index >= 15 is 0 Å².